The highest BCUT2D eigenvalue weighted by Gasteiger charge is 2.44. The molecule has 0 aromatic carbocycles. The summed E-state index contributed by atoms with van der Waals surface area (Å²) in [6, 6.07) is 0.605. The molecule has 17 heavy (non-hydrogen) atoms. The molecule has 2 rings (SSSR count). The fourth-order valence-corrected chi connectivity index (χ4v) is 3.28. The van der Waals surface area contributed by atoms with Crippen LogP contribution in [0.1, 0.15) is 46.5 Å². The van der Waals surface area contributed by atoms with Gasteiger partial charge >= 0.3 is 6.09 Å². The lowest BCUT2D eigenvalue weighted by Crippen LogP contribution is -2.41. The van der Waals surface area contributed by atoms with Crippen molar-refractivity contribution in [1.29, 1.82) is 0 Å². The standard InChI is InChI=1S/C13H24N2O2/c1-13(2,3)17-12(16)15-11-7-5-8-9(11)4-6-10(8)14/h8-11H,4-7,14H2,1-3H3,(H,15,16). The van der Waals surface area contributed by atoms with E-state index in [0.29, 0.717) is 17.9 Å². The van der Waals surface area contributed by atoms with Crippen molar-refractivity contribution in [3.8, 4) is 0 Å². The molecule has 0 bridgehead atoms. The summed E-state index contributed by atoms with van der Waals surface area (Å²) in [5, 5.41) is 3.01. The van der Waals surface area contributed by atoms with Gasteiger partial charge < -0.3 is 15.8 Å². The molecule has 4 heteroatoms. The summed E-state index contributed by atoms with van der Waals surface area (Å²) in [5.41, 5.74) is 5.65. The Balaban J connectivity index is 1.86. The van der Waals surface area contributed by atoms with Crippen LogP contribution in [0.2, 0.25) is 0 Å². The molecule has 2 saturated carbocycles. The van der Waals surface area contributed by atoms with E-state index in [4.69, 9.17) is 10.5 Å². The van der Waals surface area contributed by atoms with Gasteiger partial charge in [0.25, 0.3) is 0 Å². The lowest BCUT2D eigenvalue weighted by Gasteiger charge is -2.24. The molecule has 3 N–H and O–H groups in total. The second kappa shape index (κ2) is 4.48. The number of hydrogen-bond donors (Lipinski definition) is 2. The highest BCUT2D eigenvalue weighted by molar-refractivity contribution is 5.68. The van der Waals surface area contributed by atoms with Gasteiger partial charge in [-0.3, -0.25) is 0 Å². The molecule has 98 valence electrons. The normalized spacial score (nSPS) is 36.7. The minimum absolute atomic E-state index is 0.267. The van der Waals surface area contributed by atoms with Crippen LogP contribution in [0.3, 0.4) is 0 Å². The van der Waals surface area contributed by atoms with Gasteiger partial charge in [0.2, 0.25) is 0 Å². The van der Waals surface area contributed by atoms with Crippen LogP contribution in [0.4, 0.5) is 4.79 Å². The third kappa shape index (κ3) is 2.92. The first-order chi connectivity index (χ1) is 7.87. The van der Waals surface area contributed by atoms with Crippen molar-refractivity contribution in [3.63, 3.8) is 0 Å². The molecule has 4 unspecified atom stereocenters. The van der Waals surface area contributed by atoms with Crippen LogP contribution < -0.4 is 11.1 Å². The molecule has 2 fully saturated rings. The Morgan fingerprint density at radius 2 is 1.82 bits per heavy atom. The van der Waals surface area contributed by atoms with Crippen LogP contribution in [-0.4, -0.2) is 23.8 Å². The van der Waals surface area contributed by atoms with E-state index in [0.717, 1.165) is 25.7 Å². The monoisotopic (exact) mass is 240 g/mol. The van der Waals surface area contributed by atoms with Crippen LogP contribution in [-0.2, 0) is 4.74 Å². The number of nitrogens with one attached hydrogen (secondary N) is 1. The Bertz CT molecular complexity index is 298. The minimum atomic E-state index is -0.422. The van der Waals surface area contributed by atoms with Crippen molar-refractivity contribution in [1.82, 2.24) is 5.32 Å². The Morgan fingerprint density at radius 1 is 1.18 bits per heavy atom. The number of amides is 1. The van der Waals surface area contributed by atoms with Crippen LogP contribution in [0.5, 0.6) is 0 Å². The molecular weight excluding hydrogens is 216 g/mol. The molecule has 2 aliphatic rings. The first-order valence-electron chi connectivity index (χ1n) is 6.62. The number of fused-ring (bicyclic) bond motifs is 1. The molecule has 0 radical (unpaired) electrons. The summed E-state index contributed by atoms with van der Waals surface area (Å²) in [5.74, 6) is 1.17. The van der Waals surface area contributed by atoms with Crippen molar-refractivity contribution < 1.29 is 9.53 Å². The van der Waals surface area contributed by atoms with Gasteiger partial charge in [-0.1, -0.05) is 0 Å². The van der Waals surface area contributed by atoms with Gasteiger partial charge in [-0.05, 0) is 58.3 Å². The van der Waals surface area contributed by atoms with Crippen molar-refractivity contribution in [2.45, 2.75) is 64.1 Å². The zero-order valence-corrected chi connectivity index (χ0v) is 11.0. The van der Waals surface area contributed by atoms with Gasteiger partial charge in [-0.25, -0.2) is 4.79 Å². The van der Waals surface area contributed by atoms with E-state index in [1.807, 2.05) is 20.8 Å². The zero-order valence-electron chi connectivity index (χ0n) is 11.0. The smallest absolute Gasteiger partial charge is 0.407 e. The summed E-state index contributed by atoms with van der Waals surface area (Å²) in [7, 11) is 0. The van der Waals surface area contributed by atoms with Gasteiger partial charge in [-0.2, -0.15) is 0 Å². The Morgan fingerprint density at radius 3 is 2.47 bits per heavy atom. The largest absolute Gasteiger partial charge is 0.444 e. The maximum atomic E-state index is 11.7. The SMILES string of the molecule is CC(C)(C)OC(=O)NC1CCC2C(N)CCC12. The second-order valence-corrected chi connectivity index (χ2v) is 6.40. The Labute approximate surface area is 103 Å². The topological polar surface area (TPSA) is 64.3 Å². The number of carbonyl (C=O) groups is 1. The molecule has 4 atom stereocenters. The Kier molecular flexibility index (Phi) is 3.34. The maximum Gasteiger partial charge on any atom is 0.407 e. The van der Waals surface area contributed by atoms with Gasteiger partial charge in [0.05, 0.1) is 0 Å². The molecular formula is C13H24N2O2. The molecule has 1 amide bonds. The molecule has 0 saturated heterocycles. The molecule has 2 aliphatic carbocycles. The summed E-state index contributed by atoms with van der Waals surface area (Å²) >= 11 is 0. The molecule has 0 aromatic heterocycles. The third-order valence-electron chi connectivity index (χ3n) is 3.96. The number of rotatable bonds is 1. The maximum absolute atomic E-state index is 11.7. The van der Waals surface area contributed by atoms with Gasteiger partial charge in [0, 0.05) is 12.1 Å². The van der Waals surface area contributed by atoms with Crippen LogP contribution >= 0.6 is 0 Å². The molecule has 0 aliphatic heterocycles. The second-order valence-electron chi connectivity index (χ2n) is 6.40. The predicted octanol–water partition coefficient (Wildman–Crippen LogP) is 2.03. The van der Waals surface area contributed by atoms with E-state index >= 15 is 0 Å². The lowest BCUT2D eigenvalue weighted by atomic mass is 9.96. The first-order valence-corrected chi connectivity index (χ1v) is 6.62. The third-order valence-corrected chi connectivity index (χ3v) is 3.96. The van der Waals surface area contributed by atoms with E-state index in [1.165, 1.54) is 0 Å². The fraction of sp³-hybridized carbons (Fsp3) is 0.923. The number of alkyl carbamates (subject to hydrolysis) is 1. The predicted molar refractivity (Wildman–Crippen MR) is 66.6 cm³/mol. The molecule has 0 spiro atoms. The summed E-state index contributed by atoms with van der Waals surface area (Å²) in [4.78, 5) is 11.7. The summed E-state index contributed by atoms with van der Waals surface area (Å²) in [6.07, 6.45) is 4.14. The average Bonchev–Trinajstić information content (AvgIpc) is 2.69. The van der Waals surface area contributed by atoms with Gasteiger partial charge in [-0.15, -0.1) is 0 Å². The first kappa shape index (κ1) is 12.7. The zero-order chi connectivity index (χ0) is 12.6. The van der Waals surface area contributed by atoms with E-state index in [-0.39, 0.29) is 12.1 Å². The van der Waals surface area contributed by atoms with Crippen LogP contribution in [0.25, 0.3) is 0 Å². The van der Waals surface area contributed by atoms with Crippen molar-refractivity contribution >= 4 is 6.09 Å². The number of hydrogen-bond acceptors (Lipinski definition) is 3. The van der Waals surface area contributed by atoms with Gasteiger partial charge in [0.1, 0.15) is 5.60 Å². The highest BCUT2D eigenvalue weighted by Crippen LogP contribution is 2.43. The average molecular weight is 240 g/mol. The van der Waals surface area contributed by atoms with Crippen molar-refractivity contribution in [3.05, 3.63) is 0 Å². The molecule has 0 heterocycles. The summed E-state index contributed by atoms with van der Waals surface area (Å²) in [6.45, 7) is 5.65. The van der Waals surface area contributed by atoms with Crippen LogP contribution in [0.15, 0.2) is 0 Å². The van der Waals surface area contributed by atoms with Crippen molar-refractivity contribution in [2.24, 2.45) is 17.6 Å². The van der Waals surface area contributed by atoms with E-state index in [2.05, 4.69) is 5.32 Å². The summed E-state index contributed by atoms with van der Waals surface area (Å²) < 4.78 is 5.29. The quantitative estimate of drug-likeness (QED) is 0.737. The minimum Gasteiger partial charge on any atom is -0.444 e. The number of ether oxygens (including phenoxy) is 1. The van der Waals surface area contributed by atoms with E-state index < -0.39 is 5.60 Å². The van der Waals surface area contributed by atoms with Crippen LogP contribution in [0, 0.1) is 11.8 Å². The van der Waals surface area contributed by atoms with Gasteiger partial charge in [0.15, 0.2) is 0 Å². The number of carbonyl (C=O) groups excluding carboxylic acids is 1. The Hall–Kier alpha value is -0.770. The molecule has 4 nitrogen and oxygen atoms in total. The lowest BCUT2D eigenvalue weighted by molar-refractivity contribution is 0.0491. The van der Waals surface area contributed by atoms with E-state index in [1.54, 1.807) is 0 Å². The molecule has 0 aromatic rings. The number of nitrogens with two attached hydrogens (primary N) is 1. The fourth-order valence-electron chi connectivity index (χ4n) is 3.28. The van der Waals surface area contributed by atoms with E-state index in [9.17, 15) is 4.79 Å². The highest BCUT2D eigenvalue weighted by atomic mass is 16.6. The van der Waals surface area contributed by atoms with Crippen molar-refractivity contribution in [2.75, 3.05) is 0 Å².